The Morgan fingerprint density at radius 3 is 2.85 bits per heavy atom. The lowest BCUT2D eigenvalue weighted by Gasteiger charge is -2.12. The molecule has 0 unspecified atom stereocenters. The minimum atomic E-state index is 0.249. The fraction of sp³-hybridized carbons (Fsp3) is 0.300. The Kier molecular flexibility index (Phi) is 4.24. The lowest BCUT2D eigenvalue weighted by atomic mass is 10.1. The van der Waals surface area contributed by atoms with Crippen molar-refractivity contribution in [1.82, 2.24) is 0 Å². The SMILES string of the molecule is COc1ccc(CCNc2cc3c4c(c2O)[NH+]=CC=4CCN=3)cc1OC. The molecule has 0 spiro atoms. The van der Waals surface area contributed by atoms with Crippen molar-refractivity contribution in [3.05, 3.63) is 40.4 Å². The van der Waals surface area contributed by atoms with E-state index < -0.39 is 0 Å². The summed E-state index contributed by atoms with van der Waals surface area (Å²) in [7, 11) is 3.26. The highest BCUT2D eigenvalue weighted by molar-refractivity contribution is 6.02. The van der Waals surface area contributed by atoms with E-state index in [-0.39, 0.29) is 5.75 Å². The van der Waals surface area contributed by atoms with Crippen molar-refractivity contribution in [2.24, 2.45) is 4.99 Å². The van der Waals surface area contributed by atoms with Crippen molar-refractivity contribution < 1.29 is 19.6 Å². The number of nitrogens with one attached hydrogen (secondary N) is 2. The smallest absolute Gasteiger partial charge is 0.257 e. The Bertz CT molecular complexity index is 1010. The van der Waals surface area contributed by atoms with Crippen LogP contribution in [0.15, 0.2) is 29.3 Å². The number of phenolic OH excluding ortho intramolecular Hbond substituents is 1. The molecule has 2 aromatic carbocycles. The monoisotopic (exact) mass is 352 g/mol. The first-order valence-electron chi connectivity index (χ1n) is 8.69. The average Bonchev–Trinajstić information content (AvgIpc) is 3.11. The van der Waals surface area contributed by atoms with Gasteiger partial charge >= 0.3 is 0 Å². The fourth-order valence-corrected chi connectivity index (χ4v) is 3.49. The number of rotatable bonds is 6. The molecule has 0 saturated heterocycles. The molecule has 6 heteroatoms. The van der Waals surface area contributed by atoms with Crippen molar-refractivity contribution in [3.63, 3.8) is 0 Å². The zero-order chi connectivity index (χ0) is 18.1. The Morgan fingerprint density at radius 1 is 1.19 bits per heavy atom. The molecule has 0 bridgehead atoms. The molecule has 2 aromatic rings. The summed E-state index contributed by atoms with van der Waals surface area (Å²) >= 11 is 0. The zero-order valence-electron chi connectivity index (χ0n) is 14.9. The molecule has 2 heterocycles. The molecule has 0 fully saturated rings. The third-order valence-electron chi connectivity index (χ3n) is 4.83. The van der Waals surface area contributed by atoms with Gasteiger partial charge in [-0.1, -0.05) is 6.07 Å². The molecule has 0 radical (unpaired) electrons. The number of methoxy groups -OCH3 is 2. The number of phenols is 1. The van der Waals surface area contributed by atoms with Crippen LogP contribution < -0.4 is 30.4 Å². The maximum Gasteiger partial charge on any atom is 0.257 e. The summed E-state index contributed by atoms with van der Waals surface area (Å²) in [5.41, 5.74) is 3.81. The molecule has 0 saturated carbocycles. The van der Waals surface area contributed by atoms with E-state index in [1.165, 1.54) is 5.57 Å². The summed E-state index contributed by atoms with van der Waals surface area (Å²) in [5.74, 6) is 1.69. The van der Waals surface area contributed by atoms with Crippen LogP contribution in [0.25, 0.3) is 5.57 Å². The van der Waals surface area contributed by atoms with Gasteiger partial charge in [-0.3, -0.25) is 4.99 Å². The van der Waals surface area contributed by atoms with E-state index in [2.05, 4.69) is 15.3 Å². The Labute approximate surface area is 151 Å². The third kappa shape index (κ3) is 2.77. The molecule has 0 amide bonds. The minimum Gasteiger partial charge on any atom is -0.501 e. The predicted octanol–water partition coefficient (Wildman–Crippen LogP) is 0.0345. The van der Waals surface area contributed by atoms with Crippen LogP contribution in [-0.2, 0) is 6.42 Å². The normalized spacial score (nSPS) is 14.0. The largest absolute Gasteiger partial charge is 0.501 e. The Morgan fingerprint density at radius 2 is 2.04 bits per heavy atom. The van der Waals surface area contributed by atoms with Crippen LogP contribution in [0.1, 0.15) is 12.0 Å². The second-order valence-electron chi connectivity index (χ2n) is 6.35. The van der Waals surface area contributed by atoms with Gasteiger partial charge in [0.1, 0.15) is 0 Å². The van der Waals surface area contributed by atoms with Gasteiger partial charge in [-0.05, 0) is 36.6 Å². The molecular formula is C20H22N3O3+. The van der Waals surface area contributed by atoms with Gasteiger partial charge in [0.25, 0.3) is 5.69 Å². The first kappa shape index (κ1) is 16.4. The van der Waals surface area contributed by atoms with Crippen LogP contribution in [0.2, 0.25) is 0 Å². The zero-order valence-corrected chi connectivity index (χ0v) is 14.9. The predicted molar refractivity (Wildman–Crippen MR) is 100 cm³/mol. The van der Waals surface area contributed by atoms with Crippen LogP contribution in [0.4, 0.5) is 11.4 Å². The highest BCUT2D eigenvalue weighted by Crippen LogP contribution is 2.28. The molecule has 26 heavy (non-hydrogen) atoms. The number of benzene rings is 2. The molecule has 134 valence electrons. The van der Waals surface area contributed by atoms with Crippen molar-refractivity contribution in [3.8, 4) is 17.2 Å². The van der Waals surface area contributed by atoms with Gasteiger partial charge in [0.2, 0.25) is 5.75 Å². The van der Waals surface area contributed by atoms with E-state index in [1.54, 1.807) is 14.2 Å². The number of nitrogens with zero attached hydrogens (tertiary/aromatic N) is 1. The van der Waals surface area contributed by atoms with E-state index in [0.29, 0.717) is 12.2 Å². The van der Waals surface area contributed by atoms with E-state index in [0.717, 1.165) is 52.7 Å². The first-order valence-corrected chi connectivity index (χ1v) is 8.69. The molecular weight excluding hydrogens is 330 g/mol. The van der Waals surface area contributed by atoms with Crippen molar-refractivity contribution in [2.45, 2.75) is 12.8 Å². The number of anilines is 1. The van der Waals surface area contributed by atoms with Crippen LogP contribution in [0, 0.1) is 0 Å². The fourth-order valence-electron chi connectivity index (χ4n) is 3.49. The summed E-state index contributed by atoms with van der Waals surface area (Å²) in [6.07, 6.45) is 3.68. The quantitative estimate of drug-likeness (QED) is 0.642. The highest BCUT2D eigenvalue weighted by Gasteiger charge is 2.24. The standard InChI is InChI=1S/C20H21N3O3/c1-25-16-4-3-12(9-17(16)26-2)5-7-22-15-10-14-18-13(6-8-21-14)11-23-19(18)20(15)24/h3-4,9-11,22,24H,5-8H2,1-2H3/p+1. The molecule has 0 aromatic heterocycles. The van der Waals surface area contributed by atoms with Crippen molar-refractivity contribution >= 4 is 23.2 Å². The third-order valence-corrected chi connectivity index (χ3v) is 4.83. The number of ether oxygens (including phenoxy) is 2. The second kappa shape index (κ2) is 6.71. The van der Waals surface area contributed by atoms with Gasteiger partial charge in [0, 0.05) is 18.7 Å². The molecule has 4 rings (SSSR count). The van der Waals surface area contributed by atoms with Crippen LogP contribution >= 0.6 is 0 Å². The molecule has 2 aliphatic heterocycles. The molecule has 0 aliphatic carbocycles. The molecule has 0 atom stereocenters. The second-order valence-corrected chi connectivity index (χ2v) is 6.35. The number of aromatic hydroxyl groups is 1. The van der Waals surface area contributed by atoms with E-state index in [1.807, 2.05) is 30.5 Å². The summed E-state index contributed by atoms with van der Waals surface area (Å²) < 4.78 is 10.6. The van der Waals surface area contributed by atoms with Gasteiger partial charge in [-0.25, -0.2) is 4.99 Å². The van der Waals surface area contributed by atoms with E-state index in [9.17, 15) is 5.11 Å². The summed E-state index contributed by atoms with van der Waals surface area (Å²) in [6.45, 7) is 1.47. The summed E-state index contributed by atoms with van der Waals surface area (Å²) in [4.78, 5) is 7.78. The average molecular weight is 352 g/mol. The maximum absolute atomic E-state index is 10.6. The lowest BCUT2D eigenvalue weighted by Crippen LogP contribution is -2.61. The Balaban J connectivity index is 1.53. The van der Waals surface area contributed by atoms with Gasteiger partial charge in [-0.15, -0.1) is 0 Å². The number of hydrogen-bond donors (Lipinski definition) is 3. The number of hydrogen-bond acceptors (Lipinski definition) is 5. The molecule has 3 N–H and O–H groups in total. The van der Waals surface area contributed by atoms with Gasteiger partial charge in [-0.2, -0.15) is 0 Å². The van der Waals surface area contributed by atoms with Gasteiger partial charge < -0.3 is 19.9 Å². The highest BCUT2D eigenvalue weighted by atomic mass is 16.5. The van der Waals surface area contributed by atoms with Gasteiger partial charge in [0.05, 0.1) is 30.5 Å². The Hall–Kier alpha value is -3.02. The van der Waals surface area contributed by atoms with Gasteiger partial charge in [0.15, 0.2) is 17.7 Å². The van der Waals surface area contributed by atoms with Crippen LogP contribution in [0.3, 0.4) is 0 Å². The molecule has 6 nitrogen and oxygen atoms in total. The minimum absolute atomic E-state index is 0.249. The first-order chi connectivity index (χ1) is 12.7. The topological polar surface area (TPSA) is 77.0 Å². The van der Waals surface area contributed by atoms with Crippen molar-refractivity contribution in [1.29, 1.82) is 0 Å². The lowest BCUT2D eigenvalue weighted by molar-refractivity contribution is -0.345. The van der Waals surface area contributed by atoms with E-state index in [4.69, 9.17) is 9.47 Å². The summed E-state index contributed by atoms with van der Waals surface area (Å²) in [5, 5.41) is 15.9. The maximum atomic E-state index is 10.6. The summed E-state index contributed by atoms with van der Waals surface area (Å²) in [6, 6.07) is 7.83. The van der Waals surface area contributed by atoms with Crippen molar-refractivity contribution in [2.75, 3.05) is 32.6 Å². The molecule has 2 aliphatic rings. The van der Waals surface area contributed by atoms with Crippen LogP contribution in [-0.4, -0.2) is 38.6 Å². The van der Waals surface area contributed by atoms with E-state index >= 15 is 0 Å². The van der Waals surface area contributed by atoms with Crippen LogP contribution in [0.5, 0.6) is 17.2 Å².